The number of aromatic amines is 1. The van der Waals surface area contributed by atoms with E-state index >= 15 is 0 Å². The lowest BCUT2D eigenvalue weighted by Crippen LogP contribution is -2.26. The van der Waals surface area contributed by atoms with Crippen LogP contribution in [0.4, 0.5) is 4.39 Å². The molecule has 0 spiro atoms. The van der Waals surface area contributed by atoms with Crippen molar-refractivity contribution >= 4 is 29.0 Å². The molecular formula is C17H17FN4OS2. The minimum absolute atomic E-state index is 0.269. The van der Waals surface area contributed by atoms with E-state index in [4.69, 9.17) is 0 Å². The Balaban J connectivity index is 1.56. The van der Waals surface area contributed by atoms with Gasteiger partial charge in [-0.05, 0) is 24.5 Å². The number of carbonyl (C=O) groups is 1. The van der Waals surface area contributed by atoms with Crippen molar-refractivity contribution in [2.24, 2.45) is 0 Å². The fraction of sp³-hybridized carbons (Fsp3) is 0.235. The number of rotatable bonds is 7. The summed E-state index contributed by atoms with van der Waals surface area (Å²) >= 11 is 3.37. The number of nitrogens with one attached hydrogen (secondary N) is 2. The first kappa shape index (κ1) is 17.6. The van der Waals surface area contributed by atoms with Crippen LogP contribution in [0.15, 0.2) is 35.7 Å². The van der Waals surface area contributed by atoms with Crippen LogP contribution in [0.25, 0.3) is 11.3 Å². The van der Waals surface area contributed by atoms with Gasteiger partial charge in [-0.2, -0.15) is 16.9 Å². The number of hydrogen-bond donors (Lipinski definition) is 2. The van der Waals surface area contributed by atoms with Crippen LogP contribution in [0.3, 0.4) is 0 Å². The molecule has 2 aromatic heterocycles. The van der Waals surface area contributed by atoms with Gasteiger partial charge < -0.3 is 5.32 Å². The zero-order chi connectivity index (χ0) is 17.6. The molecule has 0 bridgehead atoms. The summed E-state index contributed by atoms with van der Waals surface area (Å²) in [4.78, 5) is 16.7. The number of thiazole rings is 1. The van der Waals surface area contributed by atoms with Crippen LogP contribution in [0.5, 0.6) is 0 Å². The summed E-state index contributed by atoms with van der Waals surface area (Å²) in [5, 5.41) is 12.6. The van der Waals surface area contributed by atoms with Crippen molar-refractivity contribution in [3.63, 3.8) is 0 Å². The smallest absolute Gasteiger partial charge is 0.269 e. The maximum Gasteiger partial charge on any atom is 0.269 e. The minimum atomic E-state index is -0.370. The second-order valence-electron chi connectivity index (χ2n) is 5.32. The number of hydrogen-bond acceptors (Lipinski definition) is 5. The molecule has 0 saturated carbocycles. The Labute approximate surface area is 153 Å². The van der Waals surface area contributed by atoms with Crippen LogP contribution in [0, 0.1) is 5.82 Å². The van der Waals surface area contributed by atoms with Crippen LogP contribution in [0.2, 0.25) is 0 Å². The van der Waals surface area contributed by atoms with Gasteiger partial charge in [0.1, 0.15) is 16.5 Å². The topological polar surface area (TPSA) is 70.7 Å². The number of thioether (sulfide) groups is 1. The second kappa shape index (κ2) is 8.26. The number of halogens is 1. The van der Waals surface area contributed by atoms with Crippen LogP contribution in [0.1, 0.15) is 21.2 Å². The molecule has 0 atom stereocenters. The van der Waals surface area contributed by atoms with Crippen molar-refractivity contribution in [2.45, 2.75) is 12.2 Å². The van der Waals surface area contributed by atoms with Gasteiger partial charge in [0.2, 0.25) is 0 Å². The summed E-state index contributed by atoms with van der Waals surface area (Å²) in [6.07, 6.45) is 2.71. The van der Waals surface area contributed by atoms with Crippen molar-refractivity contribution in [3.8, 4) is 11.3 Å². The average Bonchev–Trinajstić information content (AvgIpc) is 3.25. The monoisotopic (exact) mass is 376 g/mol. The third kappa shape index (κ3) is 4.46. The molecule has 2 N–H and O–H groups in total. The minimum Gasteiger partial charge on any atom is -0.350 e. The number of aromatic nitrogens is 3. The summed E-state index contributed by atoms with van der Waals surface area (Å²) in [5.74, 6) is 0.268. The maximum atomic E-state index is 13.8. The number of benzene rings is 1. The van der Waals surface area contributed by atoms with Gasteiger partial charge in [0, 0.05) is 29.7 Å². The quantitative estimate of drug-likeness (QED) is 0.662. The Bertz CT molecular complexity index is 862. The third-order valence-corrected chi connectivity index (χ3v) is 5.15. The molecule has 2 heterocycles. The summed E-state index contributed by atoms with van der Waals surface area (Å²) in [7, 11) is 0. The Morgan fingerprint density at radius 3 is 3.04 bits per heavy atom. The largest absolute Gasteiger partial charge is 0.350 e. The maximum absolute atomic E-state index is 13.8. The highest BCUT2D eigenvalue weighted by Crippen LogP contribution is 2.20. The van der Waals surface area contributed by atoms with Gasteiger partial charge in [-0.15, -0.1) is 11.3 Å². The van der Waals surface area contributed by atoms with Gasteiger partial charge in [0.05, 0.1) is 11.4 Å². The van der Waals surface area contributed by atoms with E-state index in [2.05, 4.69) is 20.5 Å². The van der Waals surface area contributed by atoms with Crippen LogP contribution in [-0.2, 0) is 12.2 Å². The van der Waals surface area contributed by atoms with Crippen molar-refractivity contribution in [1.29, 1.82) is 0 Å². The van der Waals surface area contributed by atoms with Gasteiger partial charge in [0.25, 0.3) is 5.91 Å². The summed E-state index contributed by atoms with van der Waals surface area (Å²) in [6, 6.07) is 7.88. The van der Waals surface area contributed by atoms with Crippen LogP contribution >= 0.6 is 23.1 Å². The van der Waals surface area contributed by atoms with E-state index in [1.807, 2.05) is 11.6 Å². The highest BCUT2D eigenvalue weighted by molar-refractivity contribution is 7.97. The average molecular weight is 376 g/mol. The highest BCUT2D eigenvalue weighted by Gasteiger charge is 2.13. The van der Waals surface area contributed by atoms with Crippen molar-refractivity contribution in [1.82, 2.24) is 20.5 Å². The van der Waals surface area contributed by atoms with E-state index in [9.17, 15) is 9.18 Å². The predicted octanol–water partition coefficient (Wildman–Crippen LogP) is 3.51. The summed E-state index contributed by atoms with van der Waals surface area (Å²) < 4.78 is 13.8. The Hall–Kier alpha value is -2.19. The van der Waals surface area contributed by atoms with Crippen molar-refractivity contribution < 1.29 is 9.18 Å². The van der Waals surface area contributed by atoms with Crippen LogP contribution < -0.4 is 5.32 Å². The van der Waals surface area contributed by atoms with Gasteiger partial charge in [-0.3, -0.25) is 9.89 Å². The Kier molecular flexibility index (Phi) is 5.83. The molecule has 25 heavy (non-hydrogen) atoms. The number of carbonyl (C=O) groups excluding carboxylic acids is 1. The van der Waals surface area contributed by atoms with Gasteiger partial charge in [-0.25, -0.2) is 9.37 Å². The second-order valence-corrected chi connectivity index (χ2v) is 7.13. The standard InChI is InChI=1S/C17H17FN4OS2/c1-24-10-16-20-11(9-25-16)6-7-19-17(23)15-8-14(21-22-15)12-4-2-3-5-13(12)18/h2-5,8-9H,6-7,10H2,1H3,(H,19,23)(H,21,22). The lowest BCUT2D eigenvalue weighted by Gasteiger charge is -2.01. The molecule has 0 radical (unpaired) electrons. The van der Waals surface area contributed by atoms with E-state index < -0.39 is 0 Å². The first-order chi connectivity index (χ1) is 12.2. The molecule has 0 aliphatic heterocycles. The first-order valence-corrected chi connectivity index (χ1v) is 9.95. The normalized spacial score (nSPS) is 10.8. The lowest BCUT2D eigenvalue weighted by atomic mass is 10.1. The van der Waals surface area contributed by atoms with Crippen molar-refractivity contribution in [3.05, 3.63) is 57.9 Å². The number of H-pyrrole nitrogens is 1. The summed E-state index contributed by atoms with van der Waals surface area (Å²) in [5.41, 5.74) is 2.05. The van der Waals surface area contributed by atoms with E-state index in [0.717, 1.165) is 16.5 Å². The SMILES string of the molecule is CSCc1nc(CCNC(=O)c2cc(-c3ccccc3F)n[nH]2)cs1. The van der Waals surface area contributed by atoms with Gasteiger partial charge in [0.15, 0.2) is 0 Å². The van der Waals surface area contributed by atoms with E-state index in [0.29, 0.717) is 29.9 Å². The zero-order valence-electron chi connectivity index (χ0n) is 13.6. The number of amides is 1. The molecular weight excluding hydrogens is 359 g/mol. The number of nitrogens with zero attached hydrogens (tertiary/aromatic N) is 2. The third-order valence-electron chi connectivity index (χ3n) is 3.51. The van der Waals surface area contributed by atoms with E-state index in [-0.39, 0.29) is 11.7 Å². The molecule has 1 aromatic carbocycles. The van der Waals surface area contributed by atoms with E-state index in [1.54, 1.807) is 47.4 Å². The predicted molar refractivity (Wildman–Crippen MR) is 99.4 cm³/mol. The molecule has 1 amide bonds. The fourth-order valence-corrected chi connectivity index (χ4v) is 3.85. The molecule has 5 nitrogen and oxygen atoms in total. The molecule has 0 unspecified atom stereocenters. The molecule has 0 saturated heterocycles. The molecule has 8 heteroatoms. The first-order valence-electron chi connectivity index (χ1n) is 7.68. The zero-order valence-corrected chi connectivity index (χ0v) is 15.2. The summed E-state index contributed by atoms with van der Waals surface area (Å²) in [6.45, 7) is 0.481. The van der Waals surface area contributed by atoms with Gasteiger partial charge >= 0.3 is 0 Å². The lowest BCUT2D eigenvalue weighted by molar-refractivity contribution is 0.0949. The molecule has 3 aromatic rings. The highest BCUT2D eigenvalue weighted by atomic mass is 32.2. The van der Waals surface area contributed by atoms with Gasteiger partial charge in [-0.1, -0.05) is 12.1 Å². The molecule has 130 valence electrons. The molecule has 0 fully saturated rings. The molecule has 3 rings (SSSR count). The Morgan fingerprint density at radius 1 is 1.40 bits per heavy atom. The molecule has 0 aliphatic carbocycles. The molecule has 0 aliphatic rings. The fourth-order valence-electron chi connectivity index (χ4n) is 2.30. The Morgan fingerprint density at radius 2 is 2.24 bits per heavy atom. The van der Waals surface area contributed by atoms with Crippen LogP contribution in [-0.4, -0.2) is 33.9 Å². The van der Waals surface area contributed by atoms with E-state index in [1.165, 1.54) is 6.07 Å². The van der Waals surface area contributed by atoms with Crippen molar-refractivity contribution in [2.75, 3.05) is 12.8 Å².